The van der Waals surface area contributed by atoms with Crippen molar-refractivity contribution < 1.29 is 0 Å². The van der Waals surface area contributed by atoms with Gasteiger partial charge in [0, 0.05) is 5.41 Å². The van der Waals surface area contributed by atoms with Gasteiger partial charge < -0.3 is 0 Å². The summed E-state index contributed by atoms with van der Waals surface area (Å²) in [6, 6.07) is 0. The Labute approximate surface area is 89.5 Å². The molecule has 80 valence electrons. The third-order valence-corrected chi connectivity index (χ3v) is 5.55. The molecule has 0 amide bonds. The first-order valence-corrected chi connectivity index (χ1v) is 5.84. The summed E-state index contributed by atoms with van der Waals surface area (Å²) in [5.41, 5.74) is 0.428. The molecular formula is C14H24. The molecule has 0 N–H and O–H groups in total. The van der Waals surface area contributed by atoms with Crippen molar-refractivity contribution >= 4 is 0 Å². The molecule has 0 nitrogen and oxygen atoms in total. The molecule has 0 heteroatoms. The van der Waals surface area contributed by atoms with Crippen molar-refractivity contribution in [3.8, 4) is 12.3 Å². The van der Waals surface area contributed by atoms with Crippen molar-refractivity contribution in [3.63, 3.8) is 0 Å². The molecule has 0 bridgehead atoms. The molecule has 1 aliphatic carbocycles. The highest BCUT2D eigenvalue weighted by molar-refractivity contribution is 5.23. The first-order chi connectivity index (χ1) is 6.36. The summed E-state index contributed by atoms with van der Waals surface area (Å²) < 4.78 is 0. The molecule has 0 radical (unpaired) electrons. The fourth-order valence-corrected chi connectivity index (χ4v) is 3.17. The first kappa shape index (κ1) is 11.6. The Morgan fingerprint density at radius 1 is 1.43 bits per heavy atom. The van der Waals surface area contributed by atoms with Crippen LogP contribution in [0.4, 0.5) is 0 Å². The molecule has 1 saturated carbocycles. The molecule has 0 saturated heterocycles. The lowest BCUT2D eigenvalue weighted by atomic mass is 9.65. The largest absolute Gasteiger partial charge is 0.119 e. The van der Waals surface area contributed by atoms with Gasteiger partial charge in [-0.25, -0.2) is 0 Å². The zero-order valence-corrected chi connectivity index (χ0v) is 10.5. The zero-order valence-electron chi connectivity index (χ0n) is 10.5. The molecule has 1 fully saturated rings. The van der Waals surface area contributed by atoms with Crippen LogP contribution in [0, 0.1) is 40.9 Å². The molecular weight excluding hydrogens is 168 g/mol. The van der Waals surface area contributed by atoms with E-state index in [-0.39, 0.29) is 5.41 Å². The maximum absolute atomic E-state index is 5.78. The predicted molar refractivity (Wildman–Crippen MR) is 62.8 cm³/mol. The van der Waals surface area contributed by atoms with E-state index >= 15 is 0 Å². The van der Waals surface area contributed by atoms with E-state index in [1.165, 1.54) is 6.42 Å². The maximum Gasteiger partial charge on any atom is 0.0368 e. The van der Waals surface area contributed by atoms with Crippen LogP contribution in [-0.2, 0) is 0 Å². The van der Waals surface area contributed by atoms with E-state index in [0.717, 1.165) is 11.8 Å². The van der Waals surface area contributed by atoms with Crippen molar-refractivity contribution in [2.45, 2.75) is 48.0 Å². The third-order valence-electron chi connectivity index (χ3n) is 5.55. The topological polar surface area (TPSA) is 0 Å². The maximum atomic E-state index is 5.78. The summed E-state index contributed by atoms with van der Waals surface area (Å²) in [6.07, 6.45) is 6.96. The lowest BCUT2D eigenvalue weighted by molar-refractivity contribution is 0.143. The molecule has 0 heterocycles. The van der Waals surface area contributed by atoms with Crippen LogP contribution in [0.1, 0.15) is 48.0 Å². The molecule has 0 aromatic rings. The highest BCUT2D eigenvalue weighted by Gasteiger charge is 2.65. The average Bonchev–Trinajstić information content (AvgIpc) is 2.68. The number of hydrogen-bond donors (Lipinski definition) is 0. The van der Waals surface area contributed by atoms with Crippen molar-refractivity contribution in [3.05, 3.63) is 0 Å². The van der Waals surface area contributed by atoms with Crippen molar-refractivity contribution in [2.75, 3.05) is 0 Å². The highest BCUT2D eigenvalue weighted by Crippen LogP contribution is 2.69. The van der Waals surface area contributed by atoms with E-state index < -0.39 is 0 Å². The summed E-state index contributed by atoms with van der Waals surface area (Å²) in [4.78, 5) is 0. The molecule has 0 aliphatic heterocycles. The van der Waals surface area contributed by atoms with Crippen LogP contribution in [0.2, 0.25) is 0 Å². The second kappa shape index (κ2) is 3.30. The lowest BCUT2D eigenvalue weighted by Crippen LogP contribution is -2.34. The summed E-state index contributed by atoms with van der Waals surface area (Å²) in [5.74, 6) is 5.26. The van der Waals surface area contributed by atoms with Gasteiger partial charge in [-0.1, -0.05) is 47.0 Å². The normalized spacial score (nSPS) is 42.4. The highest BCUT2D eigenvalue weighted by atomic mass is 14.7. The summed E-state index contributed by atoms with van der Waals surface area (Å²) in [5, 5.41) is 0. The van der Waals surface area contributed by atoms with Gasteiger partial charge in [0.05, 0.1) is 0 Å². The summed E-state index contributed by atoms with van der Waals surface area (Å²) in [7, 11) is 0. The SMILES string of the molecule is C#CC(C)(C(C)CC)C1(C)C(C)C1C. The molecule has 0 spiro atoms. The van der Waals surface area contributed by atoms with E-state index in [1.807, 2.05) is 0 Å². The standard InChI is InChI=1S/C14H24/c1-8-10(3)13(6,9-2)14(7)11(4)12(14)5/h2,10-12H,8H2,1,3-7H3. The zero-order chi connectivity index (χ0) is 11.1. The van der Waals surface area contributed by atoms with E-state index in [9.17, 15) is 0 Å². The second-order valence-electron chi connectivity index (χ2n) is 5.52. The first-order valence-electron chi connectivity index (χ1n) is 5.84. The Morgan fingerprint density at radius 2 is 1.86 bits per heavy atom. The van der Waals surface area contributed by atoms with Crippen LogP contribution in [0.5, 0.6) is 0 Å². The quantitative estimate of drug-likeness (QED) is 0.594. The van der Waals surface area contributed by atoms with Gasteiger partial charge in [0.2, 0.25) is 0 Å². The van der Waals surface area contributed by atoms with Gasteiger partial charge in [0.15, 0.2) is 0 Å². The Balaban J connectivity index is 2.99. The van der Waals surface area contributed by atoms with Crippen molar-refractivity contribution in [2.24, 2.45) is 28.6 Å². The van der Waals surface area contributed by atoms with E-state index in [1.54, 1.807) is 0 Å². The van der Waals surface area contributed by atoms with Crippen LogP contribution in [0.3, 0.4) is 0 Å². The van der Waals surface area contributed by atoms with Crippen LogP contribution in [0.15, 0.2) is 0 Å². The van der Waals surface area contributed by atoms with Gasteiger partial charge in [-0.3, -0.25) is 0 Å². The Kier molecular flexibility index (Phi) is 2.74. The van der Waals surface area contributed by atoms with Gasteiger partial charge in [0.25, 0.3) is 0 Å². The molecule has 1 rings (SSSR count). The van der Waals surface area contributed by atoms with Gasteiger partial charge in [0.1, 0.15) is 0 Å². The van der Waals surface area contributed by atoms with Crippen LogP contribution in [0.25, 0.3) is 0 Å². The minimum Gasteiger partial charge on any atom is -0.119 e. The number of rotatable bonds is 3. The Hall–Kier alpha value is -0.440. The molecule has 0 aromatic carbocycles. The van der Waals surface area contributed by atoms with Crippen LogP contribution in [-0.4, -0.2) is 0 Å². The second-order valence-corrected chi connectivity index (χ2v) is 5.52. The molecule has 4 atom stereocenters. The number of hydrogen-bond acceptors (Lipinski definition) is 0. The van der Waals surface area contributed by atoms with Crippen molar-refractivity contribution in [1.29, 1.82) is 0 Å². The summed E-state index contributed by atoms with van der Waals surface area (Å²) >= 11 is 0. The molecule has 0 aromatic heterocycles. The van der Waals surface area contributed by atoms with Gasteiger partial charge in [-0.2, -0.15) is 0 Å². The van der Waals surface area contributed by atoms with Crippen molar-refractivity contribution in [1.82, 2.24) is 0 Å². The van der Waals surface area contributed by atoms with Gasteiger partial charge in [-0.05, 0) is 30.1 Å². The van der Waals surface area contributed by atoms with E-state index in [0.29, 0.717) is 11.3 Å². The summed E-state index contributed by atoms with van der Waals surface area (Å²) in [6.45, 7) is 13.9. The minimum atomic E-state index is 0.0700. The molecule has 14 heavy (non-hydrogen) atoms. The molecule has 4 unspecified atom stereocenters. The average molecular weight is 192 g/mol. The van der Waals surface area contributed by atoms with Gasteiger partial charge in [-0.15, -0.1) is 6.42 Å². The Bertz CT molecular complexity index is 250. The lowest BCUT2D eigenvalue weighted by Gasteiger charge is -2.38. The van der Waals surface area contributed by atoms with E-state index in [2.05, 4.69) is 47.5 Å². The Morgan fingerprint density at radius 3 is 2.07 bits per heavy atom. The number of terminal acetylenes is 1. The minimum absolute atomic E-state index is 0.0700. The predicted octanol–water partition coefficient (Wildman–Crippen LogP) is 3.96. The monoisotopic (exact) mass is 192 g/mol. The molecule has 1 aliphatic rings. The fourth-order valence-electron chi connectivity index (χ4n) is 3.17. The van der Waals surface area contributed by atoms with Crippen LogP contribution < -0.4 is 0 Å². The van der Waals surface area contributed by atoms with Gasteiger partial charge >= 0.3 is 0 Å². The third kappa shape index (κ3) is 1.14. The smallest absolute Gasteiger partial charge is 0.0368 e. The van der Waals surface area contributed by atoms with E-state index in [4.69, 9.17) is 6.42 Å². The van der Waals surface area contributed by atoms with Crippen LogP contribution >= 0.6 is 0 Å². The fraction of sp³-hybridized carbons (Fsp3) is 0.857.